The van der Waals surface area contributed by atoms with Gasteiger partial charge in [0.2, 0.25) is 0 Å². The highest BCUT2D eigenvalue weighted by Crippen LogP contribution is 2.30. The highest BCUT2D eigenvalue weighted by atomic mass is 32.1. The molecule has 0 saturated heterocycles. The summed E-state index contributed by atoms with van der Waals surface area (Å²) >= 11 is 1.15. The fourth-order valence-electron chi connectivity index (χ4n) is 2.33. The van der Waals surface area contributed by atoms with Gasteiger partial charge in [0.05, 0.1) is 21.1 Å². The van der Waals surface area contributed by atoms with Crippen LogP contribution in [0.15, 0.2) is 42.5 Å². The highest BCUT2D eigenvalue weighted by Gasteiger charge is 2.17. The number of thiophene rings is 1. The van der Waals surface area contributed by atoms with E-state index in [1.165, 1.54) is 36.4 Å². The minimum absolute atomic E-state index is 0.00836. The average Bonchev–Trinajstić information content (AvgIpc) is 3.05. The van der Waals surface area contributed by atoms with E-state index in [1.54, 1.807) is 6.07 Å². The van der Waals surface area contributed by atoms with E-state index >= 15 is 0 Å². The Balaban J connectivity index is 1.92. The first-order chi connectivity index (χ1) is 12.4. The lowest BCUT2D eigenvalue weighted by molar-refractivity contribution is -0.384. The van der Waals surface area contributed by atoms with Crippen molar-refractivity contribution in [3.8, 4) is 5.75 Å². The van der Waals surface area contributed by atoms with Gasteiger partial charge in [-0.05, 0) is 30.3 Å². The minimum Gasteiger partial charge on any atom is -0.366 e. The summed E-state index contributed by atoms with van der Waals surface area (Å²) in [6.45, 7) is 0. The monoisotopic (exact) mass is 373 g/mol. The van der Waals surface area contributed by atoms with Crippen molar-refractivity contribution in [3.63, 3.8) is 0 Å². The summed E-state index contributed by atoms with van der Waals surface area (Å²) in [7, 11) is 0. The van der Waals surface area contributed by atoms with Crippen LogP contribution in [0, 0.1) is 10.1 Å². The predicted octanol–water partition coefficient (Wildman–Crippen LogP) is 3.01. The van der Waals surface area contributed by atoms with Crippen molar-refractivity contribution < 1.29 is 24.7 Å². The van der Waals surface area contributed by atoms with Gasteiger partial charge >= 0.3 is 0 Å². The molecular formula is C16H11N3O6S. The summed E-state index contributed by atoms with van der Waals surface area (Å²) in [5.74, 6) is -1.33. The molecule has 0 aliphatic heterocycles. The topological polar surface area (TPSA) is 145 Å². The van der Waals surface area contributed by atoms with Crippen molar-refractivity contribution in [1.29, 1.82) is 0 Å². The molecule has 1 heterocycles. The number of nitro benzene ring substituents is 1. The zero-order valence-corrected chi connectivity index (χ0v) is 13.8. The number of hydrogen-bond acceptors (Lipinski definition) is 7. The van der Waals surface area contributed by atoms with Gasteiger partial charge in [0.1, 0.15) is 0 Å². The van der Waals surface area contributed by atoms with Crippen molar-refractivity contribution in [2.24, 2.45) is 5.73 Å². The van der Waals surface area contributed by atoms with E-state index in [4.69, 9.17) is 11.0 Å². The average molecular weight is 373 g/mol. The van der Waals surface area contributed by atoms with Crippen LogP contribution in [0.2, 0.25) is 0 Å². The van der Waals surface area contributed by atoms with Crippen molar-refractivity contribution in [2.75, 3.05) is 5.32 Å². The summed E-state index contributed by atoms with van der Waals surface area (Å²) in [4.78, 5) is 38.7. The van der Waals surface area contributed by atoms with E-state index in [0.29, 0.717) is 15.0 Å². The number of fused-ring (bicyclic) bond motifs is 1. The molecule has 4 N–H and O–H groups in total. The normalized spacial score (nSPS) is 10.5. The van der Waals surface area contributed by atoms with Gasteiger partial charge in [0, 0.05) is 22.2 Å². The van der Waals surface area contributed by atoms with Gasteiger partial charge in [-0.25, -0.2) is 5.26 Å². The van der Waals surface area contributed by atoms with E-state index in [9.17, 15) is 19.7 Å². The van der Waals surface area contributed by atoms with Crippen molar-refractivity contribution in [2.45, 2.75) is 0 Å². The maximum atomic E-state index is 12.5. The molecule has 0 fully saturated rings. The quantitative estimate of drug-likeness (QED) is 0.356. The number of carbonyl (C=O) groups is 2. The Morgan fingerprint density at radius 2 is 1.96 bits per heavy atom. The number of primary amides is 1. The van der Waals surface area contributed by atoms with E-state index < -0.39 is 16.7 Å². The lowest BCUT2D eigenvalue weighted by atomic mass is 10.1. The molecule has 0 atom stereocenters. The first kappa shape index (κ1) is 17.3. The van der Waals surface area contributed by atoms with E-state index in [0.717, 1.165) is 11.3 Å². The standard InChI is InChI=1S/C16H11N3O6S/c17-15(20)11-7-10(25-24)2-3-12(11)18-16(21)14-6-8-5-9(19(22)23)1-4-13(8)26-14/h1-7,24H,(H2,17,20)(H,18,21). The number of nitro groups is 1. The molecule has 2 amide bonds. The molecule has 3 rings (SSSR count). The molecule has 2 aromatic carbocycles. The fourth-order valence-corrected chi connectivity index (χ4v) is 3.27. The van der Waals surface area contributed by atoms with E-state index in [2.05, 4.69) is 10.2 Å². The molecule has 1 aromatic heterocycles. The second-order valence-corrected chi connectivity index (χ2v) is 6.29. The van der Waals surface area contributed by atoms with Crippen molar-refractivity contribution >= 4 is 44.6 Å². The number of non-ortho nitro benzene ring substituents is 1. The third-order valence-corrected chi connectivity index (χ3v) is 4.66. The third-order valence-electron chi connectivity index (χ3n) is 3.54. The van der Waals surface area contributed by atoms with E-state index in [1.807, 2.05) is 0 Å². The van der Waals surface area contributed by atoms with Gasteiger partial charge in [0.15, 0.2) is 5.75 Å². The number of carbonyl (C=O) groups excluding carboxylic acids is 2. The zero-order chi connectivity index (χ0) is 18.8. The number of benzene rings is 2. The van der Waals surface area contributed by atoms with Crippen LogP contribution < -0.4 is 15.9 Å². The first-order valence-corrected chi connectivity index (χ1v) is 7.95. The number of nitrogens with two attached hydrogens (primary N) is 1. The van der Waals surface area contributed by atoms with Gasteiger partial charge in [-0.15, -0.1) is 11.3 Å². The molecule has 0 aliphatic rings. The van der Waals surface area contributed by atoms with Crippen molar-refractivity contribution in [1.82, 2.24) is 0 Å². The molecule has 0 bridgehead atoms. The molecule has 26 heavy (non-hydrogen) atoms. The Hall–Kier alpha value is -3.50. The van der Waals surface area contributed by atoms with Gasteiger partial charge in [-0.3, -0.25) is 19.7 Å². The Labute approximate surface area is 149 Å². The Kier molecular flexibility index (Phi) is 4.52. The maximum absolute atomic E-state index is 12.5. The molecule has 0 radical (unpaired) electrons. The molecule has 9 nitrogen and oxygen atoms in total. The Morgan fingerprint density at radius 1 is 1.19 bits per heavy atom. The highest BCUT2D eigenvalue weighted by molar-refractivity contribution is 7.20. The zero-order valence-electron chi connectivity index (χ0n) is 13.0. The van der Waals surface area contributed by atoms with Crippen LogP contribution in [0.4, 0.5) is 11.4 Å². The van der Waals surface area contributed by atoms with E-state index in [-0.39, 0.29) is 22.7 Å². The molecule has 10 heteroatoms. The van der Waals surface area contributed by atoms with Crippen LogP contribution in [-0.4, -0.2) is 22.0 Å². The number of amides is 2. The molecular weight excluding hydrogens is 362 g/mol. The summed E-state index contributed by atoms with van der Waals surface area (Å²) in [5.41, 5.74) is 5.30. The van der Waals surface area contributed by atoms with Gasteiger partial charge in [-0.1, -0.05) is 0 Å². The summed E-state index contributed by atoms with van der Waals surface area (Å²) in [5, 5.41) is 22.6. The first-order valence-electron chi connectivity index (χ1n) is 7.13. The van der Waals surface area contributed by atoms with Crippen LogP contribution in [0.1, 0.15) is 20.0 Å². The molecule has 0 aliphatic carbocycles. The number of nitrogens with zero attached hydrogens (tertiary/aromatic N) is 1. The Morgan fingerprint density at radius 3 is 2.62 bits per heavy atom. The maximum Gasteiger partial charge on any atom is 0.270 e. The van der Waals surface area contributed by atoms with Crippen LogP contribution >= 0.6 is 11.3 Å². The van der Waals surface area contributed by atoms with Gasteiger partial charge in [-0.2, -0.15) is 0 Å². The summed E-state index contributed by atoms with van der Waals surface area (Å²) in [6, 6.07) is 9.73. The lowest BCUT2D eigenvalue weighted by Gasteiger charge is -2.09. The largest absolute Gasteiger partial charge is 0.366 e. The number of nitrogens with one attached hydrogen (secondary N) is 1. The number of rotatable bonds is 5. The smallest absolute Gasteiger partial charge is 0.270 e. The van der Waals surface area contributed by atoms with Crippen LogP contribution in [0.5, 0.6) is 5.75 Å². The molecule has 3 aromatic rings. The molecule has 0 unspecified atom stereocenters. The fraction of sp³-hybridized carbons (Fsp3) is 0. The molecule has 0 spiro atoms. The Bertz CT molecular complexity index is 1050. The molecule has 0 saturated carbocycles. The number of hydrogen-bond donors (Lipinski definition) is 3. The SMILES string of the molecule is NC(=O)c1cc(OO)ccc1NC(=O)c1cc2cc([N+](=O)[O-])ccc2s1. The van der Waals surface area contributed by atoms with Crippen LogP contribution in [-0.2, 0) is 0 Å². The third kappa shape index (κ3) is 3.31. The predicted molar refractivity (Wildman–Crippen MR) is 94.6 cm³/mol. The summed E-state index contributed by atoms with van der Waals surface area (Å²) in [6.07, 6.45) is 0. The van der Waals surface area contributed by atoms with Crippen LogP contribution in [0.25, 0.3) is 10.1 Å². The minimum atomic E-state index is -0.814. The second kappa shape index (κ2) is 6.78. The molecule has 132 valence electrons. The van der Waals surface area contributed by atoms with Crippen molar-refractivity contribution in [3.05, 3.63) is 63.0 Å². The summed E-state index contributed by atoms with van der Waals surface area (Å²) < 4.78 is 0.708. The van der Waals surface area contributed by atoms with Crippen LogP contribution in [0.3, 0.4) is 0 Å². The second-order valence-electron chi connectivity index (χ2n) is 5.21. The number of anilines is 1. The lowest BCUT2D eigenvalue weighted by Crippen LogP contribution is -2.17. The van der Waals surface area contributed by atoms with Gasteiger partial charge in [0.25, 0.3) is 17.5 Å². The van der Waals surface area contributed by atoms with Gasteiger partial charge < -0.3 is 15.9 Å².